The van der Waals surface area contributed by atoms with Crippen molar-refractivity contribution in [3.8, 4) is 22.8 Å². The minimum atomic E-state index is -0.162. The maximum Gasteiger partial charge on any atom is 0.236 e. The number of halogens is 1. The molecule has 10 heteroatoms. The lowest BCUT2D eigenvalue weighted by Gasteiger charge is -2.11. The van der Waals surface area contributed by atoms with Gasteiger partial charge < -0.3 is 10.1 Å². The monoisotopic (exact) mass is 575 g/mol. The van der Waals surface area contributed by atoms with Crippen LogP contribution in [0.15, 0.2) is 90.2 Å². The van der Waals surface area contributed by atoms with Crippen LogP contribution in [0.2, 0.25) is 5.02 Å². The largest absolute Gasteiger partial charge is 0.494 e. The molecule has 1 amide bonds. The summed E-state index contributed by atoms with van der Waals surface area (Å²) in [6.07, 6.45) is 3.44. The number of nitrogens with one attached hydrogen (secondary N) is 1. The molecule has 0 aliphatic rings. The zero-order valence-corrected chi connectivity index (χ0v) is 23.6. The minimum Gasteiger partial charge on any atom is -0.494 e. The van der Waals surface area contributed by atoms with Gasteiger partial charge >= 0.3 is 0 Å². The number of aromatic nitrogens is 4. The van der Waals surface area contributed by atoms with Crippen molar-refractivity contribution in [2.24, 2.45) is 0 Å². The van der Waals surface area contributed by atoms with Gasteiger partial charge in [0.05, 0.1) is 12.4 Å². The van der Waals surface area contributed by atoms with E-state index in [1.54, 1.807) is 6.20 Å². The van der Waals surface area contributed by atoms with Gasteiger partial charge in [-0.05, 0) is 60.5 Å². The Labute approximate surface area is 240 Å². The van der Waals surface area contributed by atoms with Crippen LogP contribution in [0.4, 0.5) is 5.13 Å². The average molecular weight is 576 g/mol. The van der Waals surface area contributed by atoms with Crippen molar-refractivity contribution in [1.82, 2.24) is 19.7 Å². The second-order valence-corrected chi connectivity index (χ2v) is 11.1. The molecule has 198 valence electrons. The van der Waals surface area contributed by atoms with E-state index < -0.39 is 0 Å². The number of carbonyl (C=O) groups is 1. The number of benzene rings is 3. The fourth-order valence-corrected chi connectivity index (χ4v) is 5.69. The Morgan fingerprint density at radius 1 is 1.05 bits per heavy atom. The molecule has 0 saturated heterocycles. The van der Waals surface area contributed by atoms with Gasteiger partial charge in [0.2, 0.25) is 5.91 Å². The summed E-state index contributed by atoms with van der Waals surface area (Å²) >= 11 is 8.87. The first-order chi connectivity index (χ1) is 19.1. The Bertz CT molecular complexity index is 1540. The summed E-state index contributed by atoms with van der Waals surface area (Å²) in [5, 5.41) is 13.7. The lowest BCUT2D eigenvalue weighted by Crippen LogP contribution is -2.14. The van der Waals surface area contributed by atoms with Gasteiger partial charge in [-0.25, -0.2) is 4.98 Å². The number of carbonyl (C=O) groups excluding carboxylic acids is 1. The molecule has 0 bridgehead atoms. The van der Waals surface area contributed by atoms with Crippen LogP contribution in [0.3, 0.4) is 0 Å². The minimum absolute atomic E-state index is 0.162. The van der Waals surface area contributed by atoms with Gasteiger partial charge in [0.15, 0.2) is 16.1 Å². The highest BCUT2D eigenvalue weighted by Gasteiger charge is 2.18. The van der Waals surface area contributed by atoms with Crippen LogP contribution in [-0.4, -0.2) is 38.0 Å². The molecule has 0 spiro atoms. The Hall–Kier alpha value is -3.66. The van der Waals surface area contributed by atoms with E-state index in [0.29, 0.717) is 34.2 Å². The summed E-state index contributed by atoms with van der Waals surface area (Å²) in [6.45, 7) is 2.75. The van der Waals surface area contributed by atoms with Gasteiger partial charge in [0, 0.05) is 33.8 Å². The molecule has 0 aliphatic carbocycles. The lowest BCUT2D eigenvalue weighted by molar-refractivity contribution is -0.113. The molecule has 0 unspecified atom stereocenters. The number of anilines is 1. The second-order valence-electron chi connectivity index (χ2n) is 8.63. The molecule has 1 N–H and O–H groups in total. The van der Waals surface area contributed by atoms with Crippen molar-refractivity contribution < 1.29 is 9.53 Å². The quantitative estimate of drug-likeness (QED) is 0.168. The molecule has 0 atom stereocenters. The number of hydrogen-bond donors (Lipinski definition) is 1. The standard InChI is InChI=1S/C29H26ClN5O2S2/c1-2-15-37-24-13-11-21(12-14-24)27-33-34-29(35(27)23-9-4-3-5-10-23)38-19-26(36)32-28-31-18-25(39-28)17-20-7-6-8-22(30)16-20/h3-14,16,18H,2,15,17,19H2,1H3,(H,31,32,36). The molecule has 39 heavy (non-hydrogen) atoms. The maximum atomic E-state index is 12.8. The first-order valence-corrected chi connectivity index (χ1v) is 14.6. The molecule has 0 radical (unpaired) electrons. The zero-order valence-electron chi connectivity index (χ0n) is 21.2. The van der Waals surface area contributed by atoms with Gasteiger partial charge in [-0.15, -0.1) is 21.5 Å². The first-order valence-electron chi connectivity index (χ1n) is 12.4. The van der Waals surface area contributed by atoms with Crippen LogP contribution in [-0.2, 0) is 11.2 Å². The number of rotatable bonds is 11. The third-order valence-corrected chi connectivity index (χ3v) is 7.71. The van der Waals surface area contributed by atoms with E-state index in [0.717, 1.165) is 33.9 Å². The molecule has 5 aromatic rings. The fraction of sp³-hybridized carbons (Fsp3) is 0.172. The van der Waals surface area contributed by atoms with Gasteiger partial charge in [0.25, 0.3) is 0 Å². The van der Waals surface area contributed by atoms with Crippen LogP contribution in [0.25, 0.3) is 17.1 Å². The summed E-state index contributed by atoms with van der Waals surface area (Å²) in [4.78, 5) is 18.2. The van der Waals surface area contributed by atoms with E-state index in [4.69, 9.17) is 16.3 Å². The predicted octanol–water partition coefficient (Wildman–Crippen LogP) is 7.15. The average Bonchev–Trinajstić information content (AvgIpc) is 3.58. The Kier molecular flexibility index (Phi) is 8.93. The number of hydrogen-bond acceptors (Lipinski definition) is 7. The lowest BCUT2D eigenvalue weighted by atomic mass is 10.1. The Balaban J connectivity index is 1.27. The van der Waals surface area contributed by atoms with Gasteiger partial charge in [-0.3, -0.25) is 9.36 Å². The summed E-state index contributed by atoms with van der Waals surface area (Å²) in [5.41, 5.74) is 2.91. The number of ether oxygens (including phenoxy) is 1. The molecule has 2 heterocycles. The second kappa shape index (κ2) is 12.9. The highest BCUT2D eigenvalue weighted by atomic mass is 35.5. The van der Waals surface area contributed by atoms with Crippen molar-refractivity contribution in [3.63, 3.8) is 0 Å². The van der Waals surface area contributed by atoms with E-state index in [2.05, 4.69) is 27.4 Å². The summed E-state index contributed by atoms with van der Waals surface area (Å²) in [5.74, 6) is 1.51. The first kappa shape index (κ1) is 26.9. The number of nitrogens with zero attached hydrogens (tertiary/aromatic N) is 4. The number of para-hydroxylation sites is 1. The van der Waals surface area contributed by atoms with E-state index >= 15 is 0 Å². The smallest absolute Gasteiger partial charge is 0.236 e. The normalized spacial score (nSPS) is 10.9. The number of thioether (sulfide) groups is 1. The van der Waals surface area contributed by atoms with Crippen molar-refractivity contribution in [3.05, 3.63) is 101 Å². The molecule has 7 nitrogen and oxygen atoms in total. The van der Waals surface area contributed by atoms with Crippen molar-refractivity contribution in [1.29, 1.82) is 0 Å². The molecule has 5 rings (SSSR count). The molecular weight excluding hydrogens is 550 g/mol. The third-order valence-electron chi connectivity index (χ3n) is 5.63. The summed E-state index contributed by atoms with van der Waals surface area (Å²) in [6, 6.07) is 25.4. The molecular formula is C29H26ClN5O2S2. The van der Waals surface area contributed by atoms with Crippen molar-refractivity contribution >= 4 is 45.7 Å². The predicted molar refractivity (Wildman–Crippen MR) is 158 cm³/mol. The van der Waals surface area contributed by atoms with Crippen LogP contribution in [0.1, 0.15) is 23.8 Å². The zero-order chi connectivity index (χ0) is 27.0. The molecule has 0 fully saturated rings. The van der Waals surface area contributed by atoms with Crippen molar-refractivity contribution in [2.45, 2.75) is 24.9 Å². The van der Waals surface area contributed by atoms with Gasteiger partial charge in [-0.2, -0.15) is 0 Å². The van der Waals surface area contributed by atoms with Crippen molar-refractivity contribution in [2.75, 3.05) is 17.7 Å². The van der Waals surface area contributed by atoms with Crippen LogP contribution >= 0.6 is 34.7 Å². The number of amides is 1. The van der Waals surface area contributed by atoms with E-state index in [-0.39, 0.29) is 11.7 Å². The third kappa shape index (κ3) is 7.06. The van der Waals surface area contributed by atoms with Gasteiger partial charge in [-0.1, -0.05) is 60.6 Å². The SMILES string of the molecule is CCCOc1ccc(-c2nnc(SCC(=O)Nc3ncc(Cc4cccc(Cl)c4)s3)n2-c2ccccc2)cc1. The molecule has 0 saturated carbocycles. The highest BCUT2D eigenvalue weighted by molar-refractivity contribution is 7.99. The Morgan fingerprint density at radius 2 is 1.87 bits per heavy atom. The maximum absolute atomic E-state index is 12.8. The number of thiazole rings is 1. The Morgan fingerprint density at radius 3 is 2.64 bits per heavy atom. The van der Waals surface area contributed by atoms with E-state index in [1.165, 1.54) is 23.1 Å². The van der Waals surface area contributed by atoms with Crippen LogP contribution < -0.4 is 10.1 Å². The van der Waals surface area contributed by atoms with E-state index in [9.17, 15) is 4.79 Å². The molecule has 0 aliphatic heterocycles. The molecule has 3 aromatic carbocycles. The van der Waals surface area contributed by atoms with Gasteiger partial charge in [0.1, 0.15) is 5.75 Å². The topological polar surface area (TPSA) is 81.9 Å². The van der Waals surface area contributed by atoms with Crippen LogP contribution in [0.5, 0.6) is 5.75 Å². The van der Waals surface area contributed by atoms with Crippen LogP contribution in [0, 0.1) is 0 Å². The summed E-state index contributed by atoms with van der Waals surface area (Å²) in [7, 11) is 0. The highest BCUT2D eigenvalue weighted by Crippen LogP contribution is 2.29. The fourth-order valence-electron chi connectivity index (χ4n) is 3.86. The molecule has 2 aromatic heterocycles. The summed E-state index contributed by atoms with van der Waals surface area (Å²) < 4.78 is 7.68. The van der Waals surface area contributed by atoms with E-state index in [1.807, 2.05) is 83.4 Å².